The highest BCUT2D eigenvalue weighted by molar-refractivity contribution is 6.05. The lowest BCUT2D eigenvalue weighted by molar-refractivity contribution is -0.274. The van der Waals surface area contributed by atoms with Gasteiger partial charge >= 0.3 is 12.4 Å². The Labute approximate surface area is 288 Å². The number of urea groups is 1. The molecule has 0 saturated heterocycles. The molecule has 1 saturated carbocycles. The molecular formula is C37H38F3N7O3. The van der Waals surface area contributed by atoms with Gasteiger partial charge in [0.05, 0.1) is 6.54 Å². The quantitative estimate of drug-likeness (QED) is 0.0577. The zero-order valence-electron chi connectivity index (χ0n) is 27.5. The number of carbonyl (C=O) groups excluding carboxylic acids is 2. The van der Waals surface area contributed by atoms with Crippen molar-refractivity contribution in [3.63, 3.8) is 0 Å². The van der Waals surface area contributed by atoms with E-state index in [0.29, 0.717) is 28.3 Å². The number of halogens is 3. The molecule has 1 aliphatic carbocycles. The van der Waals surface area contributed by atoms with Gasteiger partial charge < -0.3 is 15.5 Å². The van der Waals surface area contributed by atoms with E-state index >= 15 is 0 Å². The molecule has 4 aromatic rings. The van der Waals surface area contributed by atoms with Gasteiger partial charge in [-0.2, -0.15) is 0 Å². The van der Waals surface area contributed by atoms with Crippen LogP contribution in [0.1, 0.15) is 65.1 Å². The first kappa shape index (κ1) is 35.6. The van der Waals surface area contributed by atoms with Crippen LogP contribution in [0, 0.1) is 5.53 Å². The van der Waals surface area contributed by atoms with Gasteiger partial charge in [0.15, 0.2) is 0 Å². The van der Waals surface area contributed by atoms with Gasteiger partial charge in [-0.1, -0.05) is 86.0 Å². The molecule has 5 rings (SSSR count). The van der Waals surface area contributed by atoms with Gasteiger partial charge in [-0.15, -0.1) is 23.4 Å². The number of rotatable bonds is 10. The number of anilines is 1. The molecule has 0 radical (unpaired) electrons. The number of alkyl halides is 3. The number of amides is 3. The van der Waals surface area contributed by atoms with E-state index in [-0.39, 0.29) is 30.4 Å². The summed E-state index contributed by atoms with van der Waals surface area (Å²) in [6.45, 7) is 0.192. The summed E-state index contributed by atoms with van der Waals surface area (Å²) in [5.41, 5.74) is 13.9. The summed E-state index contributed by atoms with van der Waals surface area (Å²) in [4.78, 5) is 28.2. The highest BCUT2D eigenvalue weighted by Gasteiger charge is 2.32. The predicted molar refractivity (Wildman–Crippen MR) is 185 cm³/mol. The Balaban J connectivity index is 1.38. The number of ether oxygens (including phenoxy) is 1. The molecule has 0 spiro atoms. The van der Waals surface area contributed by atoms with E-state index in [9.17, 15) is 22.8 Å². The van der Waals surface area contributed by atoms with E-state index in [1.54, 1.807) is 65.6 Å². The van der Waals surface area contributed by atoms with Crippen LogP contribution < -0.4 is 25.7 Å². The first-order valence-corrected chi connectivity index (χ1v) is 16.3. The largest absolute Gasteiger partial charge is 0.573 e. The number of benzene rings is 4. The summed E-state index contributed by atoms with van der Waals surface area (Å²) in [7, 11) is 1.52. The molecule has 0 aliphatic heterocycles. The minimum atomic E-state index is -4.87. The van der Waals surface area contributed by atoms with Crippen molar-refractivity contribution >= 4 is 23.6 Å². The van der Waals surface area contributed by atoms with Gasteiger partial charge in [-0.3, -0.25) is 15.0 Å². The second kappa shape index (κ2) is 16.6. The molecule has 0 heterocycles. The van der Waals surface area contributed by atoms with Gasteiger partial charge in [0.1, 0.15) is 5.75 Å². The van der Waals surface area contributed by atoms with Crippen LogP contribution in [0.5, 0.6) is 5.75 Å². The second-order valence-electron chi connectivity index (χ2n) is 11.8. The lowest BCUT2D eigenvalue weighted by atomic mass is 9.84. The Bertz CT molecular complexity index is 1810. The zero-order chi connectivity index (χ0) is 35.5. The minimum absolute atomic E-state index is 0.0304. The Morgan fingerprint density at radius 2 is 1.54 bits per heavy atom. The van der Waals surface area contributed by atoms with Crippen LogP contribution in [-0.2, 0) is 13.1 Å². The average molecular weight is 686 g/mol. The van der Waals surface area contributed by atoms with Crippen molar-refractivity contribution in [3.05, 3.63) is 119 Å². The second-order valence-corrected chi connectivity index (χ2v) is 11.8. The number of guanidine groups is 1. The SMILES string of the molecule is CN/N=C(\N=N)NC(=O)c1ccc(CN(C(=O)NCc2ccccc2-c2ccccc2OC(F)(F)F)c2ccc(C3CCCCC3)cc2)cc1. The number of hydrogen-bond acceptors (Lipinski definition) is 6. The predicted octanol–water partition coefficient (Wildman–Crippen LogP) is 8.47. The summed E-state index contributed by atoms with van der Waals surface area (Å²) in [5.74, 6) is -0.550. The zero-order valence-corrected chi connectivity index (χ0v) is 27.5. The maximum Gasteiger partial charge on any atom is 0.573 e. The molecule has 0 unspecified atom stereocenters. The Kier molecular flexibility index (Phi) is 11.8. The normalized spacial score (nSPS) is 13.6. The fourth-order valence-corrected chi connectivity index (χ4v) is 6.05. The number of carbonyl (C=O) groups is 2. The first-order valence-electron chi connectivity index (χ1n) is 16.3. The van der Waals surface area contributed by atoms with E-state index in [1.807, 2.05) is 12.1 Å². The maximum atomic E-state index is 13.9. The lowest BCUT2D eigenvalue weighted by Gasteiger charge is -2.26. The van der Waals surface area contributed by atoms with Crippen LogP contribution in [0.3, 0.4) is 0 Å². The molecule has 0 aromatic heterocycles. The number of nitrogens with one attached hydrogen (secondary N) is 4. The summed E-state index contributed by atoms with van der Waals surface area (Å²) < 4.78 is 43.9. The molecule has 0 bridgehead atoms. The van der Waals surface area contributed by atoms with Gasteiger partial charge in [0.2, 0.25) is 0 Å². The third-order valence-corrected chi connectivity index (χ3v) is 8.48. The summed E-state index contributed by atoms with van der Waals surface area (Å²) in [6.07, 6.45) is 1.05. The molecule has 50 heavy (non-hydrogen) atoms. The summed E-state index contributed by atoms with van der Waals surface area (Å²) in [6, 6.07) is 27.0. The van der Waals surface area contributed by atoms with Gasteiger partial charge in [0.25, 0.3) is 11.9 Å². The molecule has 1 aliphatic rings. The van der Waals surface area contributed by atoms with Crippen LogP contribution in [0.25, 0.3) is 11.1 Å². The van der Waals surface area contributed by atoms with E-state index in [4.69, 9.17) is 5.53 Å². The molecule has 0 atom stereocenters. The van der Waals surface area contributed by atoms with Crippen molar-refractivity contribution in [1.29, 1.82) is 5.53 Å². The van der Waals surface area contributed by atoms with Crippen molar-refractivity contribution < 1.29 is 27.5 Å². The van der Waals surface area contributed by atoms with Crippen molar-refractivity contribution in [2.75, 3.05) is 11.9 Å². The lowest BCUT2D eigenvalue weighted by Crippen LogP contribution is -2.39. The third-order valence-electron chi connectivity index (χ3n) is 8.48. The fourth-order valence-electron chi connectivity index (χ4n) is 6.05. The van der Waals surface area contributed by atoms with E-state index in [0.717, 1.165) is 18.4 Å². The number of hydrogen-bond donors (Lipinski definition) is 4. The molecule has 10 nitrogen and oxygen atoms in total. The average Bonchev–Trinajstić information content (AvgIpc) is 3.13. The molecule has 4 aromatic carbocycles. The van der Waals surface area contributed by atoms with Crippen LogP contribution in [0.15, 0.2) is 107 Å². The summed E-state index contributed by atoms with van der Waals surface area (Å²) in [5, 5.41) is 12.3. The van der Waals surface area contributed by atoms with Crippen molar-refractivity contribution in [2.24, 2.45) is 10.2 Å². The molecule has 3 amide bonds. The summed E-state index contributed by atoms with van der Waals surface area (Å²) >= 11 is 0. The van der Waals surface area contributed by atoms with Crippen LogP contribution in [-0.4, -0.2) is 31.3 Å². The standard InChI is InChI=1S/C37H38F3N7O3/c1-42-46-35(45-41)44-34(48)28-17-15-25(16-18-28)24-47(30-21-19-27(20-22-30)26-9-3-2-4-10-26)36(49)43-23-29-11-5-6-12-31(29)32-13-7-8-14-33(32)50-37(38,39)40/h5-8,11-22,26,41-42H,2-4,9-10,23-24H2,1H3,(H,43,49)(H,44,46,48). The van der Waals surface area contributed by atoms with E-state index in [2.05, 4.69) is 43.1 Å². The molecule has 13 heteroatoms. The van der Waals surface area contributed by atoms with Gasteiger partial charge in [-0.25, -0.2) is 10.3 Å². The highest BCUT2D eigenvalue weighted by atomic mass is 19.4. The minimum Gasteiger partial charge on any atom is -0.405 e. The van der Waals surface area contributed by atoms with Gasteiger partial charge in [-0.05, 0) is 71.3 Å². The third kappa shape index (κ3) is 9.46. The monoisotopic (exact) mass is 685 g/mol. The van der Waals surface area contributed by atoms with Crippen molar-refractivity contribution in [2.45, 2.75) is 57.5 Å². The Morgan fingerprint density at radius 1 is 0.880 bits per heavy atom. The van der Waals surface area contributed by atoms with E-state index < -0.39 is 18.3 Å². The smallest absolute Gasteiger partial charge is 0.405 e. The van der Waals surface area contributed by atoms with Crippen LogP contribution >= 0.6 is 0 Å². The van der Waals surface area contributed by atoms with E-state index in [1.165, 1.54) is 44.0 Å². The van der Waals surface area contributed by atoms with Crippen molar-refractivity contribution in [1.82, 2.24) is 16.1 Å². The fraction of sp³-hybridized carbons (Fsp3) is 0.270. The number of nitrogens with zero attached hydrogens (tertiary/aromatic N) is 3. The molecular weight excluding hydrogens is 647 g/mol. The number of hydrazone groups is 1. The Hall–Kier alpha value is -5.72. The van der Waals surface area contributed by atoms with Crippen LogP contribution in [0.4, 0.5) is 23.7 Å². The molecule has 1 fully saturated rings. The van der Waals surface area contributed by atoms with Crippen molar-refractivity contribution in [3.8, 4) is 16.9 Å². The first-order chi connectivity index (χ1) is 24.1. The Morgan fingerprint density at radius 3 is 2.20 bits per heavy atom. The van der Waals surface area contributed by atoms with Gasteiger partial charge in [0, 0.05) is 30.4 Å². The maximum absolute atomic E-state index is 13.9. The molecule has 260 valence electrons. The number of para-hydroxylation sites is 1. The topological polar surface area (TPSA) is 131 Å². The molecule has 4 N–H and O–H groups in total. The van der Waals surface area contributed by atoms with Crippen LogP contribution in [0.2, 0.25) is 0 Å². The highest BCUT2D eigenvalue weighted by Crippen LogP contribution is 2.36.